The zero-order chi connectivity index (χ0) is 34.4. The number of amides is 6. The highest BCUT2D eigenvalue weighted by molar-refractivity contribution is 6.11. The van der Waals surface area contributed by atoms with Crippen molar-refractivity contribution in [2.75, 3.05) is 45.6 Å². The van der Waals surface area contributed by atoms with E-state index in [9.17, 15) is 24.0 Å². The number of guanidine groups is 1. The lowest BCUT2D eigenvalue weighted by atomic mass is 10.1. The molecule has 0 bridgehead atoms. The van der Waals surface area contributed by atoms with Gasteiger partial charge in [0.25, 0.3) is 11.8 Å². The van der Waals surface area contributed by atoms with Crippen molar-refractivity contribution in [1.29, 1.82) is 0 Å². The van der Waals surface area contributed by atoms with Crippen molar-refractivity contribution in [2.24, 2.45) is 10.7 Å². The number of nitrogens with one attached hydrogen (secondary N) is 3. The van der Waals surface area contributed by atoms with Crippen molar-refractivity contribution >= 4 is 52.3 Å². The van der Waals surface area contributed by atoms with Crippen LogP contribution < -0.4 is 21.7 Å². The fourth-order valence-corrected chi connectivity index (χ4v) is 5.92. The second-order valence-electron chi connectivity index (χ2n) is 12.2. The van der Waals surface area contributed by atoms with E-state index in [-0.39, 0.29) is 54.1 Å². The molecule has 2 aliphatic heterocycles. The summed E-state index contributed by atoms with van der Waals surface area (Å²) in [6.45, 7) is 2.91. The molecule has 48 heavy (non-hydrogen) atoms. The van der Waals surface area contributed by atoms with Crippen LogP contribution in [0.15, 0.2) is 52.0 Å². The number of anilines is 1. The number of aryl methyl sites for hydroxylation is 1. The number of furan rings is 1. The number of likely N-dealkylation sites (tertiary alicyclic amines) is 2. The Labute approximate surface area is 277 Å². The van der Waals surface area contributed by atoms with E-state index in [4.69, 9.17) is 15.1 Å². The van der Waals surface area contributed by atoms with Gasteiger partial charge in [0.15, 0.2) is 0 Å². The van der Waals surface area contributed by atoms with Crippen LogP contribution in [0.5, 0.6) is 0 Å². The highest BCUT2D eigenvalue weighted by Crippen LogP contribution is 2.23. The molecule has 0 radical (unpaired) electrons. The van der Waals surface area contributed by atoms with Crippen LogP contribution in [0, 0.1) is 6.92 Å². The normalized spacial score (nSPS) is 18.4. The van der Waals surface area contributed by atoms with Crippen molar-refractivity contribution in [3.63, 3.8) is 0 Å². The van der Waals surface area contributed by atoms with Gasteiger partial charge in [0.1, 0.15) is 23.1 Å². The molecule has 0 unspecified atom stereocenters. The smallest absolute Gasteiger partial charge is 0.312 e. The number of aliphatic imine (C=N–C) groups is 1. The lowest BCUT2D eigenvalue weighted by Crippen LogP contribution is -2.49. The molecule has 2 saturated heterocycles. The first kappa shape index (κ1) is 33.9. The Balaban J connectivity index is 1.36. The molecular weight excluding hydrogens is 618 g/mol. The molecule has 0 saturated carbocycles. The van der Waals surface area contributed by atoms with Crippen molar-refractivity contribution in [1.82, 2.24) is 30.3 Å². The molecule has 2 atom stereocenters. The van der Waals surface area contributed by atoms with E-state index in [1.165, 1.54) is 28.1 Å². The molecule has 6 amide bonds. The Morgan fingerprint density at radius 3 is 2.60 bits per heavy atom. The monoisotopic (exact) mass is 659 g/mol. The number of nitrogens with two attached hydrogens (primary N) is 1. The van der Waals surface area contributed by atoms with Crippen LogP contribution in [-0.2, 0) is 9.59 Å². The summed E-state index contributed by atoms with van der Waals surface area (Å²) in [6, 6.07) is 8.55. The van der Waals surface area contributed by atoms with E-state index in [2.05, 4.69) is 20.9 Å². The molecule has 5 N–H and O–H groups in total. The number of benzene rings is 1. The summed E-state index contributed by atoms with van der Waals surface area (Å²) in [6.07, 6.45) is 4.62. The van der Waals surface area contributed by atoms with Crippen LogP contribution in [0.4, 0.5) is 10.5 Å². The molecule has 0 aliphatic carbocycles. The quantitative estimate of drug-likeness (QED) is 0.208. The largest absolute Gasteiger partial charge is 0.461 e. The van der Waals surface area contributed by atoms with Crippen LogP contribution in [0.2, 0.25) is 0 Å². The maximum atomic E-state index is 13.8. The summed E-state index contributed by atoms with van der Waals surface area (Å²) in [5.74, 6) is -0.591. The summed E-state index contributed by atoms with van der Waals surface area (Å²) < 4.78 is 5.68. The van der Waals surface area contributed by atoms with E-state index in [0.29, 0.717) is 43.6 Å². The molecule has 4 heterocycles. The van der Waals surface area contributed by atoms with Crippen molar-refractivity contribution in [3.05, 3.63) is 59.6 Å². The van der Waals surface area contributed by atoms with E-state index < -0.39 is 18.0 Å². The van der Waals surface area contributed by atoms with Gasteiger partial charge in [-0.25, -0.2) is 9.79 Å². The zero-order valence-corrected chi connectivity index (χ0v) is 27.3. The standard InChI is InChI=1S/C33H41N9O6/c1-20-15-22-16-23(10-12-27(22)48-20)37-33(39-29(44)21-9-11-25(35-17-21)30(45)40(2)3)38-26-8-4-5-13-41(31(26)46)19-28(43)42-14-6-7-24(42)18-36-32(34)47/h9-12,15-17,24,26H,4-8,13-14,18-19H2,1-3H3,(H3,34,36,47)(H2,37,38,39,44)/t24-,26+/m1/s1. The summed E-state index contributed by atoms with van der Waals surface area (Å²) in [4.78, 5) is 77.5. The average Bonchev–Trinajstić information content (AvgIpc) is 3.64. The molecular formula is C33H41N9O6. The minimum Gasteiger partial charge on any atom is -0.461 e. The number of rotatable bonds is 8. The number of nitrogens with zero attached hydrogens (tertiary/aromatic N) is 5. The lowest BCUT2D eigenvalue weighted by molar-refractivity contribution is -0.141. The third kappa shape index (κ3) is 8.27. The maximum Gasteiger partial charge on any atom is 0.312 e. The number of carbonyl (C=O) groups is 5. The van der Waals surface area contributed by atoms with Gasteiger partial charge < -0.3 is 35.5 Å². The molecule has 2 aliphatic rings. The molecule has 2 fully saturated rings. The number of carbonyl (C=O) groups excluding carboxylic acids is 5. The predicted molar refractivity (Wildman–Crippen MR) is 178 cm³/mol. The Morgan fingerprint density at radius 2 is 1.88 bits per heavy atom. The van der Waals surface area contributed by atoms with E-state index in [1.54, 1.807) is 31.1 Å². The Morgan fingerprint density at radius 1 is 1.06 bits per heavy atom. The number of hydrogen-bond donors (Lipinski definition) is 4. The maximum absolute atomic E-state index is 13.8. The van der Waals surface area contributed by atoms with Gasteiger partial charge in [-0.2, -0.15) is 0 Å². The number of fused-ring (bicyclic) bond motifs is 1. The van der Waals surface area contributed by atoms with E-state index in [0.717, 1.165) is 24.0 Å². The van der Waals surface area contributed by atoms with Crippen LogP contribution in [0.25, 0.3) is 11.0 Å². The SMILES string of the molecule is Cc1cc2cc(NC(=N[C@H]3CCCCN(CC(=O)N4CCC[C@@H]4CNC(N)=O)C3=O)NC(=O)c3ccc(C(=O)N(C)C)nc3)ccc2o1. The van der Waals surface area contributed by atoms with Crippen LogP contribution >= 0.6 is 0 Å². The number of urea groups is 1. The minimum atomic E-state index is -0.868. The molecule has 0 spiro atoms. The van der Waals surface area contributed by atoms with Crippen molar-refractivity contribution in [3.8, 4) is 0 Å². The summed E-state index contributed by atoms with van der Waals surface area (Å²) in [5, 5.41) is 9.34. The van der Waals surface area contributed by atoms with Crippen molar-refractivity contribution < 1.29 is 28.4 Å². The fraction of sp³-hybridized carbons (Fsp3) is 0.424. The van der Waals surface area contributed by atoms with Gasteiger partial charge in [-0.05, 0) is 75.4 Å². The molecule has 3 aromatic rings. The van der Waals surface area contributed by atoms with Crippen LogP contribution in [-0.4, -0.2) is 108 Å². The van der Waals surface area contributed by atoms with E-state index >= 15 is 0 Å². The predicted octanol–water partition coefficient (Wildman–Crippen LogP) is 2.08. The molecule has 15 heteroatoms. The van der Waals surface area contributed by atoms with Gasteiger partial charge in [0.05, 0.1) is 12.1 Å². The first-order chi connectivity index (χ1) is 23.0. The number of pyridine rings is 1. The van der Waals surface area contributed by atoms with E-state index in [1.807, 2.05) is 19.1 Å². The second-order valence-corrected chi connectivity index (χ2v) is 12.2. The minimum absolute atomic E-state index is 0.0386. The second kappa shape index (κ2) is 15.0. The van der Waals surface area contributed by atoms with Gasteiger partial charge in [-0.3, -0.25) is 29.5 Å². The van der Waals surface area contributed by atoms with Crippen molar-refractivity contribution in [2.45, 2.75) is 51.1 Å². The first-order valence-corrected chi connectivity index (χ1v) is 15.9. The Hall–Kier alpha value is -5.47. The number of primary amides is 1. The third-order valence-corrected chi connectivity index (χ3v) is 8.36. The fourth-order valence-electron chi connectivity index (χ4n) is 5.92. The zero-order valence-electron chi connectivity index (χ0n) is 27.3. The van der Waals surface area contributed by atoms with Gasteiger partial charge in [-0.15, -0.1) is 0 Å². The first-order valence-electron chi connectivity index (χ1n) is 15.9. The molecule has 2 aromatic heterocycles. The molecule has 254 valence electrons. The molecule has 5 rings (SSSR count). The third-order valence-electron chi connectivity index (χ3n) is 8.36. The summed E-state index contributed by atoms with van der Waals surface area (Å²) in [5.41, 5.74) is 6.90. The number of aromatic nitrogens is 1. The average molecular weight is 660 g/mol. The highest BCUT2D eigenvalue weighted by Gasteiger charge is 2.33. The molecule has 15 nitrogen and oxygen atoms in total. The van der Waals surface area contributed by atoms with Gasteiger partial charge in [-0.1, -0.05) is 0 Å². The topological polar surface area (TPSA) is 196 Å². The Bertz CT molecular complexity index is 1720. The van der Waals surface area contributed by atoms with Gasteiger partial charge in [0, 0.05) is 57.0 Å². The van der Waals surface area contributed by atoms with Gasteiger partial charge in [0.2, 0.25) is 17.8 Å². The summed E-state index contributed by atoms with van der Waals surface area (Å²) in [7, 11) is 3.22. The Kier molecular flexibility index (Phi) is 10.6. The highest BCUT2D eigenvalue weighted by atomic mass is 16.3. The summed E-state index contributed by atoms with van der Waals surface area (Å²) >= 11 is 0. The van der Waals surface area contributed by atoms with Gasteiger partial charge >= 0.3 is 6.03 Å². The lowest BCUT2D eigenvalue weighted by Gasteiger charge is -2.29. The van der Waals surface area contributed by atoms with Crippen LogP contribution in [0.3, 0.4) is 0 Å². The number of hydrogen-bond acceptors (Lipinski definition) is 8. The molecule has 1 aromatic carbocycles. The van der Waals surface area contributed by atoms with Crippen LogP contribution in [0.1, 0.15) is 58.7 Å².